The molecule has 0 fully saturated rings. The minimum absolute atomic E-state index is 0.269. The third-order valence-electron chi connectivity index (χ3n) is 5.26. The lowest BCUT2D eigenvalue weighted by Gasteiger charge is -2.12. The highest BCUT2D eigenvalue weighted by Gasteiger charge is 2.18. The Balaban J connectivity index is 1.54. The smallest absolute Gasteiger partial charge is 0.336 e. The summed E-state index contributed by atoms with van der Waals surface area (Å²) >= 11 is 6.34. The molecule has 1 heterocycles. The summed E-state index contributed by atoms with van der Waals surface area (Å²) in [5.74, 6) is 0.356. The molecule has 0 saturated carbocycles. The van der Waals surface area contributed by atoms with Crippen LogP contribution in [0.3, 0.4) is 0 Å². The second kappa shape index (κ2) is 11.6. The number of carbonyl (C=O) groups is 1. The van der Waals surface area contributed by atoms with E-state index in [9.17, 15) is 4.79 Å². The summed E-state index contributed by atoms with van der Waals surface area (Å²) in [5, 5.41) is 6.63. The monoisotopic (exact) mass is 490 g/mol. The van der Waals surface area contributed by atoms with E-state index < -0.39 is 5.38 Å². The minimum Gasteiger partial charge on any atom is -0.460 e. The van der Waals surface area contributed by atoms with Crippen molar-refractivity contribution in [3.05, 3.63) is 90.0 Å². The molecule has 0 aliphatic heterocycles. The normalized spacial score (nSPS) is 11.7. The van der Waals surface area contributed by atoms with Crippen LogP contribution in [0.25, 0.3) is 17.1 Å². The predicted octanol–water partition coefficient (Wildman–Crippen LogP) is 5.58. The van der Waals surface area contributed by atoms with Gasteiger partial charge in [0.2, 0.25) is 5.91 Å². The number of ether oxygens (including phenoxy) is 2. The van der Waals surface area contributed by atoms with Gasteiger partial charge in [-0.2, -0.15) is 4.98 Å². The van der Waals surface area contributed by atoms with Gasteiger partial charge in [0, 0.05) is 17.9 Å². The van der Waals surface area contributed by atoms with Crippen molar-refractivity contribution in [2.24, 2.45) is 0 Å². The van der Waals surface area contributed by atoms with Gasteiger partial charge >= 0.3 is 6.01 Å². The number of aromatic nitrogens is 3. The molecule has 1 N–H and O–H groups in total. The van der Waals surface area contributed by atoms with Crippen LogP contribution >= 0.6 is 11.6 Å². The molecule has 0 spiro atoms. The molecule has 1 amide bonds. The lowest BCUT2D eigenvalue weighted by molar-refractivity contribution is -0.116. The molecule has 0 bridgehead atoms. The van der Waals surface area contributed by atoms with Crippen LogP contribution < -0.4 is 10.1 Å². The van der Waals surface area contributed by atoms with Crippen molar-refractivity contribution >= 4 is 23.2 Å². The number of benzene rings is 3. The zero-order chi connectivity index (χ0) is 24.6. The highest BCUT2D eigenvalue weighted by Crippen LogP contribution is 2.26. The molecule has 0 unspecified atom stereocenters. The number of anilines is 1. The number of carbonyl (C=O) groups excluding carboxylic acids is 1. The molecule has 8 heteroatoms. The average molecular weight is 491 g/mol. The van der Waals surface area contributed by atoms with Gasteiger partial charge in [0.15, 0.2) is 5.82 Å². The van der Waals surface area contributed by atoms with E-state index in [1.807, 2.05) is 80.6 Å². The fourth-order valence-electron chi connectivity index (χ4n) is 3.43. The third-order valence-corrected chi connectivity index (χ3v) is 5.71. The van der Waals surface area contributed by atoms with E-state index in [4.69, 9.17) is 21.1 Å². The number of nitrogens with zero attached hydrogens (tertiary/aromatic N) is 3. The Labute approximate surface area is 209 Å². The number of aryl methyl sites for hydroxylation is 1. The van der Waals surface area contributed by atoms with Gasteiger partial charge in [0.05, 0.1) is 12.3 Å². The highest BCUT2D eigenvalue weighted by molar-refractivity contribution is 6.32. The maximum atomic E-state index is 12.6. The average Bonchev–Trinajstić information content (AvgIpc) is 3.31. The van der Waals surface area contributed by atoms with Crippen molar-refractivity contribution in [2.45, 2.75) is 19.2 Å². The van der Waals surface area contributed by atoms with Gasteiger partial charge in [-0.15, -0.1) is 16.7 Å². The van der Waals surface area contributed by atoms with Crippen LogP contribution in [0.15, 0.2) is 78.9 Å². The standard InChI is InChI=1S/C27H27ClN4O3/c1-3-34-17-18-35-27-30-25(21-11-9-19(2)10-12-21)32(31-27)23-15-13-22(14-16-23)29-26(33)24(28)20-7-5-4-6-8-20/h4-16,24H,3,17-18H2,1-2H3,(H,29,33)/t24-/m0/s1. The van der Waals surface area contributed by atoms with E-state index in [-0.39, 0.29) is 11.9 Å². The van der Waals surface area contributed by atoms with Crippen LogP contribution in [-0.4, -0.2) is 40.5 Å². The zero-order valence-corrected chi connectivity index (χ0v) is 20.4. The summed E-state index contributed by atoms with van der Waals surface area (Å²) in [6.45, 7) is 5.41. The molecule has 0 saturated heterocycles. The van der Waals surface area contributed by atoms with Crippen LogP contribution in [0.1, 0.15) is 23.4 Å². The number of rotatable bonds is 10. The maximum Gasteiger partial charge on any atom is 0.336 e. The first-order valence-electron chi connectivity index (χ1n) is 11.4. The van der Waals surface area contributed by atoms with Crippen molar-refractivity contribution in [1.29, 1.82) is 0 Å². The Hall–Kier alpha value is -3.68. The lowest BCUT2D eigenvalue weighted by atomic mass is 10.1. The first-order chi connectivity index (χ1) is 17.0. The number of halogens is 1. The van der Waals surface area contributed by atoms with Crippen molar-refractivity contribution in [2.75, 3.05) is 25.1 Å². The Morgan fingerprint density at radius 1 is 1.00 bits per heavy atom. The van der Waals surface area contributed by atoms with Crippen LogP contribution in [0.5, 0.6) is 6.01 Å². The van der Waals surface area contributed by atoms with Gasteiger partial charge in [-0.25, -0.2) is 4.68 Å². The molecule has 4 rings (SSSR count). The number of amides is 1. The van der Waals surface area contributed by atoms with Crippen molar-refractivity contribution in [3.63, 3.8) is 0 Å². The second-order valence-corrected chi connectivity index (χ2v) is 8.29. The van der Waals surface area contributed by atoms with Crippen molar-refractivity contribution < 1.29 is 14.3 Å². The van der Waals surface area contributed by atoms with E-state index in [1.165, 1.54) is 0 Å². The Bertz CT molecular complexity index is 1240. The summed E-state index contributed by atoms with van der Waals surface area (Å²) in [6, 6.07) is 24.9. The van der Waals surface area contributed by atoms with E-state index >= 15 is 0 Å². The summed E-state index contributed by atoms with van der Waals surface area (Å²) in [7, 11) is 0. The number of hydrogen-bond donors (Lipinski definition) is 1. The fourth-order valence-corrected chi connectivity index (χ4v) is 3.63. The zero-order valence-electron chi connectivity index (χ0n) is 19.6. The molecular formula is C27H27ClN4O3. The number of hydrogen-bond acceptors (Lipinski definition) is 5. The van der Waals surface area contributed by atoms with E-state index in [0.29, 0.717) is 31.3 Å². The van der Waals surface area contributed by atoms with Gasteiger partial charge in [0.1, 0.15) is 12.0 Å². The van der Waals surface area contributed by atoms with E-state index in [0.717, 1.165) is 22.4 Å². The molecular weight excluding hydrogens is 464 g/mol. The molecule has 3 aromatic carbocycles. The van der Waals surface area contributed by atoms with Gasteiger partial charge in [-0.3, -0.25) is 4.79 Å². The summed E-state index contributed by atoms with van der Waals surface area (Å²) in [4.78, 5) is 17.2. The number of alkyl halides is 1. The largest absolute Gasteiger partial charge is 0.460 e. The molecule has 1 aromatic heterocycles. The molecule has 0 aliphatic carbocycles. The van der Waals surface area contributed by atoms with Crippen LogP contribution in [0.4, 0.5) is 5.69 Å². The second-order valence-electron chi connectivity index (χ2n) is 7.85. The van der Waals surface area contributed by atoms with Crippen LogP contribution in [0, 0.1) is 6.92 Å². The first-order valence-corrected chi connectivity index (χ1v) is 11.8. The van der Waals surface area contributed by atoms with Gasteiger partial charge in [-0.05, 0) is 43.7 Å². The summed E-state index contributed by atoms with van der Waals surface area (Å²) < 4.78 is 12.8. The van der Waals surface area contributed by atoms with E-state index in [2.05, 4.69) is 15.4 Å². The first kappa shape index (κ1) is 24.4. The minimum atomic E-state index is -0.782. The molecule has 7 nitrogen and oxygen atoms in total. The van der Waals surface area contributed by atoms with Gasteiger partial charge in [0.25, 0.3) is 0 Å². The topological polar surface area (TPSA) is 78.3 Å². The highest BCUT2D eigenvalue weighted by atomic mass is 35.5. The molecule has 1 atom stereocenters. The fraction of sp³-hybridized carbons (Fsp3) is 0.222. The quantitative estimate of drug-likeness (QED) is 0.232. The van der Waals surface area contributed by atoms with Gasteiger partial charge in [-0.1, -0.05) is 60.2 Å². The third kappa shape index (κ3) is 6.26. The Morgan fingerprint density at radius 3 is 2.40 bits per heavy atom. The Morgan fingerprint density at radius 2 is 1.71 bits per heavy atom. The van der Waals surface area contributed by atoms with Crippen LogP contribution in [0.2, 0.25) is 0 Å². The molecule has 4 aromatic rings. The van der Waals surface area contributed by atoms with Crippen molar-refractivity contribution in [3.8, 4) is 23.1 Å². The summed E-state index contributed by atoms with van der Waals surface area (Å²) in [5.41, 5.74) is 4.21. The Kier molecular flexibility index (Phi) is 8.13. The van der Waals surface area contributed by atoms with Crippen molar-refractivity contribution in [1.82, 2.24) is 14.8 Å². The SMILES string of the molecule is CCOCCOc1nc(-c2ccc(C)cc2)n(-c2ccc(NC(=O)[C@@H](Cl)c3ccccc3)cc2)n1. The molecule has 0 radical (unpaired) electrons. The molecule has 180 valence electrons. The number of nitrogens with one attached hydrogen (secondary N) is 1. The van der Waals surface area contributed by atoms with E-state index in [1.54, 1.807) is 16.8 Å². The summed E-state index contributed by atoms with van der Waals surface area (Å²) in [6.07, 6.45) is 0. The molecule has 35 heavy (non-hydrogen) atoms. The molecule has 0 aliphatic rings. The maximum absolute atomic E-state index is 12.6. The lowest BCUT2D eigenvalue weighted by Crippen LogP contribution is -2.17. The van der Waals surface area contributed by atoms with Gasteiger partial charge < -0.3 is 14.8 Å². The predicted molar refractivity (Wildman–Crippen MR) is 137 cm³/mol. The van der Waals surface area contributed by atoms with Crippen LogP contribution in [-0.2, 0) is 9.53 Å².